The predicted octanol–water partition coefficient (Wildman–Crippen LogP) is 20.0. The minimum absolute atomic E-state index is 0.244. The number of ether oxygens (including phenoxy) is 4. The van der Waals surface area contributed by atoms with Gasteiger partial charge in [0.25, 0.3) is 0 Å². The van der Waals surface area contributed by atoms with Gasteiger partial charge in [-0.15, -0.1) is 0 Å². The average molecular weight is 1410 g/mol. The minimum atomic E-state index is -1.79. The van der Waals surface area contributed by atoms with Crippen LogP contribution in [0.2, 0.25) is 0 Å². The lowest BCUT2D eigenvalue weighted by molar-refractivity contribution is -0.359. The van der Waals surface area contributed by atoms with E-state index in [9.17, 15) is 45.6 Å². The number of allylic oxidation sites excluding steroid dienone is 5. The first kappa shape index (κ1) is 93.3. The van der Waals surface area contributed by atoms with E-state index in [1.54, 1.807) is 6.08 Å². The monoisotopic (exact) mass is 1400 g/mol. The fraction of sp³-hybridized carbons (Fsp3) is 0.918. The summed E-state index contributed by atoms with van der Waals surface area (Å²) in [6.45, 7) is 2.85. The van der Waals surface area contributed by atoms with E-state index in [0.717, 1.165) is 44.9 Å². The summed E-state index contributed by atoms with van der Waals surface area (Å²) in [6.07, 6.45) is 75.5. The fourth-order valence-electron chi connectivity index (χ4n) is 14.3. The Kier molecular flexibility index (Phi) is 65.3. The zero-order valence-electron chi connectivity index (χ0n) is 64.3. The van der Waals surface area contributed by atoms with Crippen LogP contribution in [-0.2, 0) is 23.7 Å². The number of hydrogen-bond donors (Lipinski definition) is 9. The van der Waals surface area contributed by atoms with Gasteiger partial charge in [-0.2, -0.15) is 0 Å². The summed E-state index contributed by atoms with van der Waals surface area (Å²) in [5.41, 5.74) is 0. The molecule has 0 aliphatic carbocycles. The van der Waals surface area contributed by atoms with Gasteiger partial charge in [-0.3, -0.25) is 4.79 Å². The molecule has 2 aliphatic rings. The third-order valence-corrected chi connectivity index (χ3v) is 21.1. The van der Waals surface area contributed by atoms with Crippen molar-refractivity contribution in [3.05, 3.63) is 36.5 Å². The minimum Gasteiger partial charge on any atom is -0.394 e. The van der Waals surface area contributed by atoms with Gasteiger partial charge in [-0.25, -0.2) is 0 Å². The van der Waals surface area contributed by atoms with Crippen LogP contribution in [0.3, 0.4) is 0 Å². The van der Waals surface area contributed by atoms with Crippen LogP contribution >= 0.6 is 0 Å². The molecular weight excluding hydrogens is 1240 g/mol. The lowest BCUT2D eigenvalue weighted by atomic mass is 9.97. The normalized spacial score (nSPS) is 22.0. The maximum Gasteiger partial charge on any atom is 0.220 e. The van der Waals surface area contributed by atoms with Crippen LogP contribution < -0.4 is 5.32 Å². The van der Waals surface area contributed by atoms with Gasteiger partial charge >= 0.3 is 0 Å². The molecule has 0 aromatic carbocycles. The van der Waals surface area contributed by atoms with E-state index in [0.29, 0.717) is 12.8 Å². The first-order valence-corrected chi connectivity index (χ1v) is 42.7. The zero-order chi connectivity index (χ0) is 71.5. The van der Waals surface area contributed by atoms with Gasteiger partial charge in [0, 0.05) is 6.42 Å². The average Bonchev–Trinajstić information content (AvgIpc) is 0.799. The first-order valence-electron chi connectivity index (χ1n) is 42.7. The number of carbonyl (C=O) groups excluding carboxylic acids is 1. The number of carbonyl (C=O) groups is 1. The second-order valence-corrected chi connectivity index (χ2v) is 30.3. The van der Waals surface area contributed by atoms with Gasteiger partial charge in [-0.05, 0) is 44.9 Å². The molecule has 584 valence electrons. The molecule has 12 atom stereocenters. The molecule has 0 bridgehead atoms. The molecule has 0 saturated carbocycles. The van der Waals surface area contributed by atoms with E-state index >= 15 is 0 Å². The second-order valence-electron chi connectivity index (χ2n) is 30.3. The third kappa shape index (κ3) is 51.9. The van der Waals surface area contributed by atoms with Gasteiger partial charge in [0.05, 0.1) is 32.0 Å². The Labute approximate surface area is 608 Å². The van der Waals surface area contributed by atoms with Crippen LogP contribution in [-0.4, -0.2) is 140 Å². The molecule has 12 unspecified atom stereocenters. The Morgan fingerprint density at radius 2 is 0.646 bits per heavy atom. The Morgan fingerprint density at radius 3 is 0.990 bits per heavy atom. The molecular formula is C85H161NO13. The maximum atomic E-state index is 13.4. The van der Waals surface area contributed by atoms with Crippen molar-refractivity contribution in [2.75, 3.05) is 19.8 Å². The molecule has 2 rings (SSSR count). The van der Waals surface area contributed by atoms with E-state index < -0.39 is 86.8 Å². The molecule has 14 nitrogen and oxygen atoms in total. The number of unbranched alkanes of at least 4 members (excludes halogenated alkanes) is 56. The Bertz CT molecular complexity index is 1800. The van der Waals surface area contributed by atoms with E-state index in [1.807, 2.05) is 6.08 Å². The van der Waals surface area contributed by atoms with Gasteiger partial charge < -0.3 is 65.1 Å². The van der Waals surface area contributed by atoms with Crippen molar-refractivity contribution in [3.8, 4) is 0 Å². The summed E-state index contributed by atoms with van der Waals surface area (Å²) in [5.74, 6) is -0.244. The van der Waals surface area contributed by atoms with Crippen LogP contribution in [0.25, 0.3) is 0 Å². The van der Waals surface area contributed by atoms with Crippen LogP contribution in [0.15, 0.2) is 36.5 Å². The highest BCUT2D eigenvalue weighted by Crippen LogP contribution is 2.30. The smallest absolute Gasteiger partial charge is 0.220 e. The van der Waals surface area contributed by atoms with Crippen LogP contribution in [0.1, 0.15) is 406 Å². The van der Waals surface area contributed by atoms with Gasteiger partial charge in [0.15, 0.2) is 12.6 Å². The van der Waals surface area contributed by atoms with E-state index in [4.69, 9.17) is 18.9 Å². The van der Waals surface area contributed by atoms with E-state index in [-0.39, 0.29) is 18.9 Å². The molecule has 0 spiro atoms. The fourth-order valence-corrected chi connectivity index (χ4v) is 14.3. The third-order valence-electron chi connectivity index (χ3n) is 21.1. The van der Waals surface area contributed by atoms with Crippen LogP contribution in [0.5, 0.6) is 0 Å². The molecule has 0 radical (unpaired) electrons. The van der Waals surface area contributed by atoms with Gasteiger partial charge in [-0.1, -0.05) is 391 Å². The molecule has 99 heavy (non-hydrogen) atoms. The Balaban J connectivity index is 1.60. The number of aliphatic hydroxyl groups excluding tert-OH is 8. The molecule has 0 aromatic heterocycles. The Hall–Kier alpha value is -1.79. The molecule has 9 N–H and O–H groups in total. The molecule has 2 saturated heterocycles. The van der Waals surface area contributed by atoms with Crippen molar-refractivity contribution in [1.82, 2.24) is 5.32 Å². The quantitative estimate of drug-likeness (QED) is 0.0204. The van der Waals surface area contributed by atoms with E-state index in [2.05, 4.69) is 43.5 Å². The molecule has 2 aliphatic heterocycles. The van der Waals surface area contributed by atoms with Crippen LogP contribution in [0.4, 0.5) is 0 Å². The summed E-state index contributed by atoms with van der Waals surface area (Å²) in [4.78, 5) is 13.4. The molecule has 2 heterocycles. The van der Waals surface area contributed by atoms with E-state index in [1.165, 1.54) is 327 Å². The summed E-state index contributed by atoms with van der Waals surface area (Å²) < 4.78 is 22.9. The van der Waals surface area contributed by atoms with Crippen molar-refractivity contribution < 1.29 is 64.6 Å². The highest BCUT2D eigenvalue weighted by molar-refractivity contribution is 5.76. The molecule has 0 aromatic rings. The summed E-state index contributed by atoms with van der Waals surface area (Å²) >= 11 is 0. The predicted molar refractivity (Wildman–Crippen MR) is 411 cm³/mol. The topological polar surface area (TPSA) is 228 Å². The van der Waals surface area contributed by atoms with Crippen molar-refractivity contribution >= 4 is 5.91 Å². The molecule has 14 heteroatoms. The largest absolute Gasteiger partial charge is 0.394 e. The maximum absolute atomic E-state index is 13.4. The first-order chi connectivity index (χ1) is 48.6. The van der Waals surface area contributed by atoms with Crippen molar-refractivity contribution in [3.63, 3.8) is 0 Å². The number of hydrogen-bond acceptors (Lipinski definition) is 13. The SMILES string of the molecule is CCCCCCCCCCCCCCCCCCCCCC/C=C/CC/C=C/CC/C=C/C(O)C(COC1OC(CO)C(OC2OC(CO)C(O)C(O)C2O)C(O)C1O)NC(=O)CCCCCCCCCCCCCCCCCCCCCCCCCCCCCCCCCCCCC. The number of aliphatic hydroxyl groups is 8. The highest BCUT2D eigenvalue weighted by atomic mass is 16.7. The standard InChI is InChI=1S/C85H161NO13/c1-3-5-7-9-11-13-15-17-19-21-23-25-27-29-31-33-35-36-37-38-39-41-43-45-47-49-51-53-55-57-59-61-63-65-67-69-77(90)86-73(72-96-84-82(95)80(93)83(76(71-88)98-84)99-85-81(94)79(92)78(91)75(70-87)97-85)74(89)68-66-64-62-60-58-56-54-52-50-48-46-44-42-40-34-32-30-28-26-24-22-20-18-16-14-12-10-8-6-4-2/h50,52,58,60,66,68,73-76,78-85,87-89,91-95H,3-49,51,53-57,59,61-65,67,69-72H2,1-2H3,(H,86,90)/b52-50+,60-58+,68-66+. The van der Waals surface area contributed by atoms with Crippen molar-refractivity contribution in [1.29, 1.82) is 0 Å². The van der Waals surface area contributed by atoms with Gasteiger partial charge in [0.1, 0.15) is 48.8 Å². The lowest BCUT2D eigenvalue weighted by Crippen LogP contribution is -2.65. The summed E-state index contributed by atoms with van der Waals surface area (Å²) in [7, 11) is 0. The lowest BCUT2D eigenvalue weighted by Gasteiger charge is -2.46. The molecule has 2 fully saturated rings. The van der Waals surface area contributed by atoms with Crippen LogP contribution in [0, 0.1) is 0 Å². The number of nitrogens with one attached hydrogen (secondary N) is 1. The number of rotatable bonds is 73. The van der Waals surface area contributed by atoms with Crippen molar-refractivity contribution in [2.45, 2.75) is 479 Å². The van der Waals surface area contributed by atoms with Crippen molar-refractivity contribution in [2.24, 2.45) is 0 Å². The zero-order valence-corrected chi connectivity index (χ0v) is 64.3. The second kappa shape index (κ2) is 69.3. The summed E-state index contributed by atoms with van der Waals surface area (Å²) in [6, 6.07) is -0.939. The molecule has 1 amide bonds. The Morgan fingerprint density at radius 1 is 0.354 bits per heavy atom. The number of amides is 1. The van der Waals surface area contributed by atoms with Gasteiger partial charge in [0.2, 0.25) is 5.91 Å². The summed E-state index contributed by atoms with van der Waals surface area (Å²) in [5, 5.41) is 87.7. The highest BCUT2D eigenvalue weighted by Gasteiger charge is 2.51.